The number of rotatable bonds is 5. The maximum Gasteiger partial charge on any atom is 0.414 e. The summed E-state index contributed by atoms with van der Waals surface area (Å²) in [5.74, 6) is -3.54. The summed E-state index contributed by atoms with van der Waals surface area (Å²) < 4.78 is 51.7. The molecule has 1 fully saturated rings. The molecule has 0 unspecified atom stereocenters. The van der Waals surface area contributed by atoms with Crippen LogP contribution in [0.25, 0.3) is 0 Å². The molecule has 1 aromatic carbocycles. The normalized spacial score (nSPS) is 19.9. The molecule has 1 amide bonds. The number of benzene rings is 1. The van der Waals surface area contributed by atoms with Gasteiger partial charge in [-0.05, 0) is 18.9 Å². The molecule has 162 valence electrons. The lowest BCUT2D eigenvalue weighted by atomic mass is 10.1. The van der Waals surface area contributed by atoms with Gasteiger partial charge in [-0.3, -0.25) is 14.6 Å². The fourth-order valence-corrected chi connectivity index (χ4v) is 4.26. The quantitative estimate of drug-likeness (QED) is 0.681. The fourth-order valence-electron chi connectivity index (χ4n) is 4.26. The summed E-state index contributed by atoms with van der Waals surface area (Å²) in [6, 6.07) is 0.859. The number of aryl methyl sites for hydroxylation is 1. The standard InChI is InChI=1S/C21H20F3N5O2/c1-27-8-12-9-28(11-16(12)26-27)20-15(22)7-17(18(23)19(20)24)29-10-14(31-21(29)30)5-4-13-3-2-6-25-13/h2-3,7-8,14H,4-6,9-11H2,1H3/t14-/m0/s1. The zero-order valence-electron chi connectivity index (χ0n) is 16.8. The van der Waals surface area contributed by atoms with Crippen LogP contribution < -0.4 is 9.80 Å². The summed E-state index contributed by atoms with van der Waals surface area (Å²) in [6.45, 7) is 1.06. The number of hydrogen-bond donors (Lipinski definition) is 0. The van der Waals surface area contributed by atoms with Crippen molar-refractivity contribution in [2.24, 2.45) is 12.0 Å². The van der Waals surface area contributed by atoms with Crippen molar-refractivity contribution in [2.45, 2.75) is 32.0 Å². The van der Waals surface area contributed by atoms with E-state index in [1.54, 1.807) is 17.9 Å². The minimum absolute atomic E-state index is 0.0186. The Labute approximate surface area is 176 Å². The molecule has 3 aliphatic rings. The molecule has 10 heteroatoms. The minimum atomic E-state index is -1.33. The first-order valence-electron chi connectivity index (χ1n) is 10.0. The smallest absolute Gasteiger partial charge is 0.414 e. The van der Waals surface area contributed by atoms with Gasteiger partial charge in [0.2, 0.25) is 0 Å². The molecule has 1 aromatic heterocycles. The Hall–Kier alpha value is -3.30. The fraction of sp³-hybridized carbons (Fsp3) is 0.381. The molecule has 4 heterocycles. The van der Waals surface area contributed by atoms with Gasteiger partial charge in [-0.1, -0.05) is 6.08 Å². The maximum atomic E-state index is 14.9. The molecular formula is C21H20F3N5O2. The summed E-state index contributed by atoms with van der Waals surface area (Å²) in [7, 11) is 1.76. The Balaban J connectivity index is 1.35. The van der Waals surface area contributed by atoms with Crippen LogP contribution in [0.5, 0.6) is 0 Å². The predicted molar refractivity (Wildman–Crippen MR) is 108 cm³/mol. The van der Waals surface area contributed by atoms with Gasteiger partial charge in [-0.15, -0.1) is 0 Å². The van der Waals surface area contributed by atoms with Crippen LogP contribution in [0.2, 0.25) is 0 Å². The Morgan fingerprint density at radius 1 is 1.23 bits per heavy atom. The molecule has 0 spiro atoms. The van der Waals surface area contributed by atoms with E-state index in [1.807, 2.05) is 12.2 Å². The van der Waals surface area contributed by atoms with Crippen molar-refractivity contribution in [3.8, 4) is 0 Å². The van der Waals surface area contributed by atoms with Gasteiger partial charge in [-0.25, -0.2) is 18.0 Å². The average Bonchev–Trinajstić information content (AvgIpc) is 3.48. The van der Waals surface area contributed by atoms with E-state index >= 15 is 0 Å². The lowest BCUT2D eigenvalue weighted by molar-refractivity contribution is 0.138. The van der Waals surface area contributed by atoms with E-state index in [-0.39, 0.29) is 19.6 Å². The molecule has 1 atom stereocenters. The highest BCUT2D eigenvalue weighted by atomic mass is 19.2. The molecule has 0 saturated carbocycles. The molecule has 0 radical (unpaired) electrons. The molecule has 1 saturated heterocycles. The largest absolute Gasteiger partial charge is 0.444 e. The molecule has 0 N–H and O–H groups in total. The third-order valence-corrected chi connectivity index (χ3v) is 5.72. The Bertz CT molecular complexity index is 1100. The summed E-state index contributed by atoms with van der Waals surface area (Å²) in [6.07, 6.45) is 5.38. The van der Waals surface area contributed by atoms with E-state index in [9.17, 15) is 18.0 Å². The van der Waals surface area contributed by atoms with Gasteiger partial charge in [0.25, 0.3) is 0 Å². The molecule has 2 aromatic rings. The predicted octanol–water partition coefficient (Wildman–Crippen LogP) is 3.47. The van der Waals surface area contributed by atoms with Gasteiger partial charge >= 0.3 is 6.09 Å². The number of aliphatic imine (C=N–C) groups is 1. The van der Waals surface area contributed by atoms with Gasteiger partial charge in [0.1, 0.15) is 11.8 Å². The number of nitrogens with zero attached hydrogens (tertiary/aromatic N) is 5. The van der Waals surface area contributed by atoms with E-state index in [4.69, 9.17) is 4.74 Å². The van der Waals surface area contributed by atoms with Crippen molar-refractivity contribution < 1.29 is 22.7 Å². The van der Waals surface area contributed by atoms with Crippen molar-refractivity contribution in [1.29, 1.82) is 0 Å². The Kier molecular flexibility index (Phi) is 4.71. The number of carbonyl (C=O) groups excluding carboxylic acids is 1. The van der Waals surface area contributed by atoms with Crippen LogP contribution in [0.15, 0.2) is 29.4 Å². The highest BCUT2D eigenvalue weighted by Crippen LogP contribution is 2.37. The van der Waals surface area contributed by atoms with E-state index < -0.39 is 41.0 Å². The maximum absolute atomic E-state index is 14.9. The molecule has 0 bridgehead atoms. The van der Waals surface area contributed by atoms with Gasteiger partial charge in [-0.2, -0.15) is 5.10 Å². The second-order valence-electron chi connectivity index (χ2n) is 7.87. The molecule has 3 aliphatic heterocycles. The highest BCUT2D eigenvalue weighted by molar-refractivity contribution is 5.96. The number of amides is 1. The van der Waals surface area contributed by atoms with Gasteiger partial charge < -0.3 is 9.64 Å². The van der Waals surface area contributed by atoms with Crippen LogP contribution in [0.4, 0.5) is 29.3 Å². The number of aromatic nitrogens is 2. The van der Waals surface area contributed by atoms with Crippen molar-refractivity contribution in [2.75, 3.05) is 22.9 Å². The first-order chi connectivity index (χ1) is 14.9. The molecule has 0 aliphatic carbocycles. The van der Waals surface area contributed by atoms with E-state index in [1.165, 1.54) is 4.90 Å². The number of allylic oxidation sites excluding steroid dienone is 1. The van der Waals surface area contributed by atoms with Crippen molar-refractivity contribution in [3.63, 3.8) is 0 Å². The zero-order valence-corrected chi connectivity index (χ0v) is 16.8. The first-order valence-corrected chi connectivity index (χ1v) is 10.0. The topological polar surface area (TPSA) is 63.0 Å². The van der Waals surface area contributed by atoms with E-state index in [2.05, 4.69) is 10.1 Å². The second kappa shape index (κ2) is 7.44. The van der Waals surface area contributed by atoms with Gasteiger partial charge in [0.05, 0.1) is 31.0 Å². The van der Waals surface area contributed by atoms with Crippen LogP contribution in [0.3, 0.4) is 0 Å². The average molecular weight is 431 g/mol. The highest BCUT2D eigenvalue weighted by Gasteiger charge is 2.37. The summed E-state index contributed by atoms with van der Waals surface area (Å²) in [5.41, 5.74) is 1.51. The number of carbonyl (C=O) groups is 1. The molecule has 31 heavy (non-hydrogen) atoms. The lowest BCUT2D eigenvalue weighted by Gasteiger charge is -2.22. The number of cyclic esters (lactones) is 1. The third kappa shape index (κ3) is 3.45. The Morgan fingerprint density at radius 3 is 2.81 bits per heavy atom. The lowest BCUT2D eigenvalue weighted by Crippen LogP contribution is -2.27. The van der Waals surface area contributed by atoms with Crippen molar-refractivity contribution >= 4 is 23.2 Å². The van der Waals surface area contributed by atoms with Crippen LogP contribution >= 0.6 is 0 Å². The number of halogens is 3. The monoisotopic (exact) mass is 431 g/mol. The van der Waals surface area contributed by atoms with E-state index in [0.29, 0.717) is 25.1 Å². The summed E-state index contributed by atoms with van der Waals surface area (Å²) in [5, 5.41) is 4.25. The van der Waals surface area contributed by atoms with Gasteiger partial charge in [0, 0.05) is 37.1 Å². The van der Waals surface area contributed by atoms with Crippen molar-refractivity contribution in [3.05, 3.63) is 53.1 Å². The Morgan fingerprint density at radius 2 is 2.06 bits per heavy atom. The van der Waals surface area contributed by atoms with Crippen LogP contribution in [-0.2, 0) is 24.9 Å². The first kappa shape index (κ1) is 19.7. The number of fused-ring (bicyclic) bond motifs is 1. The number of ether oxygens (including phenoxy) is 1. The third-order valence-electron chi connectivity index (χ3n) is 5.72. The summed E-state index contributed by atoms with van der Waals surface area (Å²) >= 11 is 0. The van der Waals surface area contributed by atoms with Crippen LogP contribution in [0, 0.1) is 17.5 Å². The molecular weight excluding hydrogens is 411 g/mol. The zero-order chi connectivity index (χ0) is 21.7. The number of anilines is 2. The SMILES string of the molecule is Cn1cc2c(n1)CN(c1c(F)cc(N3C[C@H](CCC4=NCC=C4)OC3=O)c(F)c1F)C2. The van der Waals surface area contributed by atoms with Crippen LogP contribution in [0.1, 0.15) is 24.1 Å². The van der Waals surface area contributed by atoms with Gasteiger partial charge in [0.15, 0.2) is 17.5 Å². The van der Waals surface area contributed by atoms with Crippen molar-refractivity contribution in [1.82, 2.24) is 9.78 Å². The van der Waals surface area contributed by atoms with E-state index in [0.717, 1.165) is 22.2 Å². The van der Waals surface area contributed by atoms with Crippen LogP contribution in [-0.4, -0.2) is 40.8 Å². The number of hydrogen-bond acceptors (Lipinski definition) is 5. The second-order valence-corrected chi connectivity index (χ2v) is 7.87. The summed E-state index contributed by atoms with van der Waals surface area (Å²) in [4.78, 5) is 18.9. The minimum Gasteiger partial charge on any atom is -0.444 e. The molecule has 5 rings (SSSR count). The molecule has 7 nitrogen and oxygen atoms in total.